The highest BCUT2D eigenvalue weighted by atomic mass is 15.2. The highest BCUT2D eigenvalue weighted by Crippen LogP contribution is 2.28. The van der Waals surface area contributed by atoms with E-state index in [-0.39, 0.29) is 0 Å². The van der Waals surface area contributed by atoms with Crippen molar-refractivity contribution in [3.8, 4) is 6.07 Å². The van der Waals surface area contributed by atoms with Crippen molar-refractivity contribution in [3.05, 3.63) is 72.2 Å². The third-order valence-electron chi connectivity index (χ3n) is 4.77. The monoisotopic (exact) mass is 344 g/mol. The molecule has 4 heterocycles. The van der Waals surface area contributed by atoms with Crippen molar-refractivity contribution >= 4 is 5.82 Å². The molecule has 6 nitrogen and oxygen atoms in total. The highest BCUT2D eigenvalue weighted by Gasteiger charge is 2.25. The van der Waals surface area contributed by atoms with Crippen molar-refractivity contribution in [3.63, 3.8) is 0 Å². The van der Waals surface area contributed by atoms with Gasteiger partial charge >= 0.3 is 0 Å². The predicted octanol–water partition coefficient (Wildman–Crippen LogP) is 2.98. The number of rotatable bonds is 4. The standard InChI is InChI=1S/C20H20N6/c21-13-17-7-3-8-19(24-17)25-11-4-5-16(14-25)20-23-10-12-26(20)15-18-6-1-2-9-22-18/h1-3,6-10,12,16H,4-5,11,14-15H2/t16-/m0/s1. The van der Waals surface area contributed by atoms with Gasteiger partial charge in [0.15, 0.2) is 0 Å². The Morgan fingerprint density at radius 1 is 1.12 bits per heavy atom. The first-order chi connectivity index (χ1) is 12.8. The normalized spacial score (nSPS) is 17.0. The number of piperidine rings is 1. The minimum absolute atomic E-state index is 0.343. The van der Waals surface area contributed by atoms with Gasteiger partial charge in [0.2, 0.25) is 0 Å². The number of nitriles is 1. The van der Waals surface area contributed by atoms with Gasteiger partial charge in [0.1, 0.15) is 23.4 Å². The zero-order valence-corrected chi connectivity index (χ0v) is 14.5. The fourth-order valence-electron chi connectivity index (χ4n) is 3.54. The van der Waals surface area contributed by atoms with E-state index in [1.807, 2.05) is 48.9 Å². The molecule has 0 radical (unpaired) electrons. The molecule has 0 aliphatic carbocycles. The minimum Gasteiger partial charge on any atom is -0.356 e. The Bertz CT molecular complexity index is 911. The van der Waals surface area contributed by atoms with E-state index in [0.29, 0.717) is 11.6 Å². The molecule has 1 atom stereocenters. The fraction of sp³-hybridized carbons (Fsp3) is 0.300. The summed E-state index contributed by atoms with van der Waals surface area (Å²) < 4.78 is 2.19. The second-order valence-electron chi connectivity index (χ2n) is 6.51. The number of nitrogens with zero attached hydrogens (tertiary/aromatic N) is 6. The van der Waals surface area contributed by atoms with Crippen molar-refractivity contribution in [2.24, 2.45) is 0 Å². The van der Waals surface area contributed by atoms with Gasteiger partial charge in [0.05, 0.1) is 12.2 Å². The van der Waals surface area contributed by atoms with Crippen LogP contribution in [0.5, 0.6) is 0 Å². The third kappa shape index (κ3) is 3.42. The van der Waals surface area contributed by atoms with Crippen LogP contribution < -0.4 is 4.90 Å². The van der Waals surface area contributed by atoms with Crippen LogP contribution in [0.2, 0.25) is 0 Å². The number of hydrogen-bond acceptors (Lipinski definition) is 5. The van der Waals surface area contributed by atoms with Crippen LogP contribution in [0.15, 0.2) is 55.0 Å². The number of pyridine rings is 2. The molecular weight excluding hydrogens is 324 g/mol. The fourth-order valence-corrected chi connectivity index (χ4v) is 3.54. The first kappa shape index (κ1) is 16.3. The molecule has 0 aromatic carbocycles. The lowest BCUT2D eigenvalue weighted by molar-refractivity contribution is 0.473. The molecule has 1 aliphatic rings. The molecule has 130 valence electrons. The molecule has 4 rings (SSSR count). The van der Waals surface area contributed by atoms with Gasteiger partial charge in [0, 0.05) is 37.6 Å². The highest BCUT2D eigenvalue weighted by molar-refractivity contribution is 5.42. The van der Waals surface area contributed by atoms with E-state index in [1.165, 1.54) is 0 Å². The smallest absolute Gasteiger partial charge is 0.142 e. The molecule has 0 unspecified atom stereocenters. The lowest BCUT2D eigenvalue weighted by Crippen LogP contribution is -2.36. The third-order valence-corrected chi connectivity index (χ3v) is 4.77. The van der Waals surface area contributed by atoms with Gasteiger partial charge in [-0.3, -0.25) is 4.98 Å². The van der Waals surface area contributed by atoms with E-state index < -0.39 is 0 Å². The van der Waals surface area contributed by atoms with E-state index in [4.69, 9.17) is 5.26 Å². The topological polar surface area (TPSA) is 70.6 Å². The molecular formula is C20H20N6. The molecule has 0 saturated carbocycles. The summed E-state index contributed by atoms with van der Waals surface area (Å²) in [5.74, 6) is 2.31. The van der Waals surface area contributed by atoms with Gasteiger partial charge in [-0.15, -0.1) is 0 Å². The van der Waals surface area contributed by atoms with Crippen LogP contribution in [-0.4, -0.2) is 32.6 Å². The number of imidazole rings is 1. The second kappa shape index (κ2) is 7.36. The molecule has 3 aromatic heterocycles. The van der Waals surface area contributed by atoms with E-state index >= 15 is 0 Å². The van der Waals surface area contributed by atoms with Gasteiger partial charge in [-0.25, -0.2) is 9.97 Å². The van der Waals surface area contributed by atoms with Crippen LogP contribution in [0.4, 0.5) is 5.82 Å². The zero-order valence-electron chi connectivity index (χ0n) is 14.5. The Balaban J connectivity index is 1.53. The van der Waals surface area contributed by atoms with Gasteiger partial charge < -0.3 is 9.47 Å². The Kier molecular flexibility index (Phi) is 4.61. The summed E-state index contributed by atoms with van der Waals surface area (Å²) in [4.78, 5) is 15.8. The Morgan fingerprint density at radius 2 is 2.08 bits per heavy atom. The Labute approximate surface area is 152 Å². The summed E-state index contributed by atoms with van der Waals surface area (Å²) in [6, 6.07) is 13.7. The second-order valence-corrected chi connectivity index (χ2v) is 6.51. The molecule has 1 saturated heterocycles. The van der Waals surface area contributed by atoms with Gasteiger partial charge in [-0.2, -0.15) is 5.26 Å². The van der Waals surface area contributed by atoms with Gasteiger partial charge in [-0.1, -0.05) is 12.1 Å². The molecule has 0 spiro atoms. The predicted molar refractivity (Wildman–Crippen MR) is 98.7 cm³/mol. The first-order valence-corrected chi connectivity index (χ1v) is 8.86. The SMILES string of the molecule is N#Cc1cccc(N2CCC[C@H](c3nccn3Cc3ccccn3)C2)n1. The lowest BCUT2D eigenvalue weighted by atomic mass is 9.97. The quantitative estimate of drug-likeness (QED) is 0.728. The van der Waals surface area contributed by atoms with Gasteiger partial charge in [0.25, 0.3) is 0 Å². The molecule has 1 fully saturated rings. The lowest BCUT2D eigenvalue weighted by Gasteiger charge is -2.33. The van der Waals surface area contributed by atoms with Crippen molar-refractivity contribution < 1.29 is 0 Å². The minimum atomic E-state index is 0.343. The average molecular weight is 344 g/mol. The number of hydrogen-bond donors (Lipinski definition) is 0. The van der Waals surface area contributed by atoms with Gasteiger partial charge in [-0.05, 0) is 37.1 Å². The zero-order chi connectivity index (χ0) is 17.8. The van der Waals surface area contributed by atoms with E-state index in [9.17, 15) is 0 Å². The van der Waals surface area contributed by atoms with Crippen LogP contribution in [0.25, 0.3) is 0 Å². The van der Waals surface area contributed by atoms with E-state index in [0.717, 1.165) is 49.8 Å². The Hall–Kier alpha value is -3.20. The van der Waals surface area contributed by atoms with Crippen LogP contribution in [0, 0.1) is 11.3 Å². The summed E-state index contributed by atoms with van der Waals surface area (Å²) in [5, 5.41) is 9.09. The molecule has 3 aromatic rings. The van der Waals surface area contributed by atoms with Crippen LogP contribution >= 0.6 is 0 Å². The molecule has 0 bridgehead atoms. The number of aromatic nitrogens is 4. The first-order valence-electron chi connectivity index (χ1n) is 8.86. The summed E-state index contributed by atoms with van der Waals surface area (Å²) in [5.41, 5.74) is 1.49. The molecule has 0 amide bonds. The maximum Gasteiger partial charge on any atom is 0.142 e. The molecule has 6 heteroatoms. The van der Waals surface area contributed by atoms with Crippen LogP contribution in [-0.2, 0) is 6.54 Å². The van der Waals surface area contributed by atoms with Crippen LogP contribution in [0.3, 0.4) is 0 Å². The summed E-state index contributed by atoms with van der Waals surface area (Å²) >= 11 is 0. The molecule has 26 heavy (non-hydrogen) atoms. The average Bonchev–Trinajstić information content (AvgIpc) is 3.17. The summed E-state index contributed by atoms with van der Waals surface area (Å²) in [6.45, 7) is 2.55. The van der Waals surface area contributed by atoms with Crippen molar-refractivity contribution in [2.75, 3.05) is 18.0 Å². The van der Waals surface area contributed by atoms with Crippen molar-refractivity contribution in [1.29, 1.82) is 5.26 Å². The summed E-state index contributed by atoms with van der Waals surface area (Å²) in [6.07, 6.45) is 7.90. The largest absolute Gasteiger partial charge is 0.356 e. The Morgan fingerprint density at radius 3 is 2.92 bits per heavy atom. The van der Waals surface area contributed by atoms with E-state index in [1.54, 1.807) is 6.07 Å². The van der Waals surface area contributed by atoms with E-state index in [2.05, 4.69) is 30.5 Å². The summed E-state index contributed by atoms with van der Waals surface area (Å²) in [7, 11) is 0. The maximum atomic E-state index is 9.09. The number of anilines is 1. The molecule has 0 N–H and O–H groups in total. The van der Waals surface area contributed by atoms with Crippen molar-refractivity contribution in [2.45, 2.75) is 25.3 Å². The van der Waals surface area contributed by atoms with Crippen molar-refractivity contribution in [1.82, 2.24) is 19.5 Å². The maximum absolute atomic E-state index is 9.09. The van der Waals surface area contributed by atoms with Crippen LogP contribution in [0.1, 0.15) is 36.0 Å². The molecule has 1 aliphatic heterocycles.